The minimum Gasteiger partial charge on any atom is -0.378 e. The van der Waals surface area contributed by atoms with Gasteiger partial charge >= 0.3 is 0 Å². The predicted octanol–water partition coefficient (Wildman–Crippen LogP) is 4.17. The van der Waals surface area contributed by atoms with Crippen molar-refractivity contribution in [1.82, 2.24) is 19.7 Å². The van der Waals surface area contributed by atoms with E-state index in [9.17, 15) is 0 Å². The molecule has 142 valence electrons. The molecule has 0 saturated carbocycles. The fourth-order valence-corrected chi connectivity index (χ4v) is 4.16. The summed E-state index contributed by atoms with van der Waals surface area (Å²) in [6, 6.07) is 12.6. The number of rotatable bonds is 3. The lowest BCUT2D eigenvalue weighted by Gasteiger charge is -2.29. The van der Waals surface area contributed by atoms with Crippen LogP contribution in [0.2, 0.25) is 0 Å². The molecule has 0 atom stereocenters. The van der Waals surface area contributed by atoms with Crippen molar-refractivity contribution in [3.8, 4) is 17.1 Å². The van der Waals surface area contributed by atoms with Gasteiger partial charge in [0.25, 0.3) is 0 Å². The molecule has 0 radical (unpaired) electrons. The lowest BCUT2D eigenvalue weighted by molar-refractivity contribution is 0.123. The smallest absolute Gasteiger partial charge is 0.156 e. The number of aromatic amines is 1. The highest BCUT2D eigenvalue weighted by Gasteiger charge is 2.19. The predicted molar refractivity (Wildman–Crippen MR) is 119 cm³/mol. The quantitative estimate of drug-likeness (QED) is 0.443. The number of morpholine rings is 1. The molecular formula is C21H20IN5O. The molecule has 3 aromatic heterocycles. The first-order chi connectivity index (χ1) is 13.7. The molecule has 0 aliphatic carbocycles. The summed E-state index contributed by atoms with van der Waals surface area (Å²) in [7, 11) is 0. The number of ether oxygens (including phenoxy) is 1. The third-order valence-electron chi connectivity index (χ3n) is 5.04. The largest absolute Gasteiger partial charge is 0.378 e. The van der Waals surface area contributed by atoms with Gasteiger partial charge in [0.1, 0.15) is 5.52 Å². The number of H-pyrrole nitrogens is 1. The maximum Gasteiger partial charge on any atom is 0.156 e. The first kappa shape index (κ1) is 17.7. The van der Waals surface area contributed by atoms with E-state index in [0.29, 0.717) is 0 Å². The minimum atomic E-state index is 0.746. The van der Waals surface area contributed by atoms with Crippen LogP contribution < -0.4 is 4.90 Å². The summed E-state index contributed by atoms with van der Waals surface area (Å²) < 4.78 is 8.50. The van der Waals surface area contributed by atoms with E-state index < -0.39 is 0 Å². The number of aryl methyl sites for hydroxylation is 1. The van der Waals surface area contributed by atoms with Gasteiger partial charge in [0, 0.05) is 37.1 Å². The van der Waals surface area contributed by atoms with Crippen molar-refractivity contribution in [1.29, 1.82) is 0 Å². The molecule has 5 rings (SSSR count). The summed E-state index contributed by atoms with van der Waals surface area (Å²) in [6.07, 6.45) is 3.99. The number of nitrogens with one attached hydrogen (secondary N) is 1. The number of hydrogen-bond acceptors (Lipinski definition) is 4. The highest BCUT2D eigenvalue weighted by Crippen LogP contribution is 2.31. The molecule has 1 aliphatic rings. The van der Waals surface area contributed by atoms with Gasteiger partial charge in [0.15, 0.2) is 5.82 Å². The molecule has 1 saturated heterocycles. The van der Waals surface area contributed by atoms with Gasteiger partial charge in [-0.05, 0) is 41.6 Å². The van der Waals surface area contributed by atoms with Crippen LogP contribution in [0, 0.1) is 10.5 Å². The zero-order valence-corrected chi connectivity index (χ0v) is 17.7. The Bertz CT molecular complexity index is 1140. The monoisotopic (exact) mass is 485 g/mol. The van der Waals surface area contributed by atoms with Crippen molar-refractivity contribution in [2.24, 2.45) is 0 Å². The molecular weight excluding hydrogens is 465 g/mol. The number of aromatic nitrogens is 4. The van der Waals surface area contributed by atoms with Crippen molar-refractivity contribution in [2.75, 3.05) is 31.2 Å². The molecule has 1 aliphatic heterocycles. The number of fused-ring (bicyclic) bond motifs is 1. The van der Waals surface area contributed by atoms with Crippen LogP contribution in [-0.4, -0.2) is 46.1 Å². The standard InChI is InChI=1S/C21H20IN5O/c1-14-3-2-4-15(11-14)17-5-6-27(25-17)19-12-18(26-7-9-28-10-8-26)21-20(24-19)16(22)13-23-21/h2-6,11-13,23H,7-10H2,1H3. The third kappa shape index (κ3) is 3.18. The van der Waals surface area contributed by atoms with E-state index in [-0.39, 0.29) is 0 Å². The number of pyridine rings is 1. The summed E-state index contributed by atoms with van der Waals surface area (Å²) in [4.78, 5) is 10.6. The van der Waals surface area contributed by atoms with Gasteiger partial charge in [-0.3, -0.25) is 0 Å². The van der Waals surface area contributed by atoms with E-state index in [2.05, 4.69) is 69.7 Å². The number of benzene rings is 1. The number of anilines is 1. The number of nitrogens with zero attached hydrogens (tertiary/aromatic N) is 4. The van der Waals surface area contributed by atoms with Crippen molar-refractivity contribution >= 4 is 39.3 Å². The Hall–Kier alpha value is -2.39. The Morgan fingerprint density at radius 2 is 2.00 bits per heavy atom. The summed E-state index contributed by atoms with van der Waals surface area (Å²) in [5, 5.41) is 4.80. The van der Waals surface area contributed by atoms with E-state index in [1.54, 1.807) is 0 Å². The average Bonchev–Trinajstić information content (AvgIpc) is 3.36. The van der Waals surface area contributed by atoms with Crippen LogP contribution in [0.25, 0.3) is 28.1 Å². The Balaban J connectivity index is 1.60. The van der Waals surface area contributed by atoms with Crippen LogP contribution in [0.5, 0.6) is 0 Å². The second-order valence-electron chi connectivity index (χ2n) is 6.97. The lowest BCUT2D eigenvalue weighted by Crippen LogP contribution is -2.36. The van der Waals surface area contributed by atoms with Crippen LogP contribution in [0.15, 0.2) is 48.8 Å². The van der Waals surface area contributed by atoms with E-state index in [0.717, 1.165) is 63.7 Å². The van der Waals surface area contributed by atoms with Crippen LogP contribution in [-0.2, 0) is 4.74 Å². The molecule has 0 amide bonds. The Kier molecular flexibility index (Phi) is 4.56. The van der Waals surface area contributed by atoms with Crippen LogP contribution in [0.4, 0.5) is 5.69 Å². The van der Waals surface area contributed by atoms with Crippen molar-refractivity contribution < 1.29 is 4.74 Å². The van der Waals surface area contributed by atoms with Crippen LogP contribution in [0.3, 0.4) is 0 Å². The molecule has 1 aromatic carbocycles. The van der Waals surface area contributed by atoms with Gasteiger partial charge in [-0.1, -0.05) is 23.8 Å². The molecule has 0 bridgehead atoms. The molecule has 0 unspecified atom stereocenters. The fourth-order valence-electron chi connectivity index (χ4n) is 3.62. The van der Waals surface area contributed by atoms with Crippen LogP contribution in [0.1, 0.15) is 5.56 Å². The average molecular weight is 485 g/mol. The van der Waals surface area contributed by atoms with Gasteiger partial charge in [0.05, 0.1) is 33.7 Å². The van der Waals surface area contributed by atoms with Gasteiger partial charge in [-0.15, -0.1) is 0 Å². The van der Waals surface area contributed by atoms with E-state index in [1.165, 1.54) is 5.56 Å². The van der Waals surface area contributed by atoms with Gasteiger partial charge in [-0.2, -0.15) is 5.10 Å². The van der Waals surface area contributed by atoms with E-state index >= 15 is 0 Å². The normalized spacial score (nSPS) is 14.7. The molecule has 1 N–H and O–H groups in total. The summed E-state index contributed by atoms with van der Waals surface area (Å²) in [5.41, 5.74) is 6.49. The van der Waals surface area contributed by atoms with Crippen molar-refractivity contribution in [3.63, 3.8) is 0 Å². The zero-order valence-electron chi connectivity index (χ0n) is 15.5. The zero-order chi connectivity index (χ0) is 19.1. The Labute approximate surface area is 176 Å². The van der Waals surface area contributed by atoms with Gasteiger partial charge < -0.3 is 14.6 Å². The van der Waals surface area contributed by atoms with E-state index in [1.807, 2.05) is 23.1 Å². The molecule has 28 heavy (non-hydrogen) atoms. The maximum atomic E-state index is 5.53. The highest BCUT2D eigenvalue weighted by atomic mass is 127. The maximum absolute atomic E-state index is 5.53. The van der Waals surface area contributed by atoms with Gasteiger partial charge in [0.2, 0.25) is 0 Å². The molecule has 1 fully saturated rings. The van der Waals surface area contributed by atoms with E-state index in [4.69, 9.17) is 14.8 Å². The Morgan fingerprint density at radius 1 is 1.14 bits per heavy atom. The fraction of sp³-hybridized carbons (Fsp3) is 0.238. The number of hydrogen-bond donors (Lipinski definition) is 1. The van der Waals surface area contributed by atoms with Crippen LogP contribution >= 0.6 is 22.6 Å². The molecule has 7 heteroatoms. The van der Waals surface area contributed by atoms with Gasteiger partial charge in [-0.25, -0.2) is 9.67 Å². The lowest BCUT2D eigenvalue weighted by atomic mass is 10.1. The minimum absolute atomic E-state index is 0.746. The molecule has 0 spiro atoms. The van der Waals surface area contributed by atoms with Crippen molar-refractivity contribution in [2.45, 2.75) is 6.92 Å². The Morgan fingerprint density at radius 3 is 2.82 bits per heavy atom. The second-order valence-corrected chi connectivity index (χ2v) is 8.14. The first-order valence-corrected chi connectivity index (χ1v) is 10.4. The summed E-state index contributed by atoms with van der Waals surface area (Å²) >= 11 is 2.33. The molecule has 4 heterocycles. The molecule has 4 aromatic rings. The number of halogens is 1. The first-order valence-electron chi connectivity index (χ1n) is 9.32. The summed E-state index contributed by atoms with van der Waals surface area (Å²) in [6.45, 7) is 5.34. The SMILES string of the molecule is Cc1cccc(-c2ccn(-c3cc(N4CCOCC4)c4[nH]cc(I)c4n3)n2)c1. The highest BCUT2D eigenvalue weighted by molar-refractivity contribution is 14.1. The molecule has 6 nitrogen and oxygen atoms in total. The topological polar surface area (TPSA) is 59.0 Å². The van der Waals surface area contributed by atoms with Crippen molar-refractivity contribution in [3.05, 3.63) is 57.9 Å². The summed E-state index contributed by atoms with van der Waals surface area (Å²) in [5.74, 6) is 0.824. The third-order valence-corrected chi connectivity index (χ3v) is 5.87. The second kappa shape index (κ2) is 7.21.